The Balaban J connectivity index is 1.79. The number of ether oxygens (including phenoxy) is 2. The summed E-state index contributed by atoms with van der Waals surface area (Å²) in [5, 5.41) is 0.857. The molecule has 138 valence electrons. The van der Waals surface area contributed by atoms with Gasteiger partial charge in [0.05, 0.1) is 11.2 Å². The second kappa shape index (κ2) is 6.41. The van der Waals surface area contributed by atoms with Gasteiger partial charge in [-0.25, -0.2) is 4.79 Å². The van der Waals surface area contributed by atoms with Crippen molar-refractivity contribution in [2.24, 2.45) is 0 Å². The number of rotatable bonds is 3. The van der Waals surface area contributed by atoms with Crippen molar-refractivity contribution in [2.45, 2.75) is 12.7 Å². The molecule has 1 aliphatic heterocycles. The average molecular weight is 370 g/mol. The molecular formula is C23H18N2O3. The van der Waals surface area contributed by atoms with Gasteiger partial charge in [-0.05, 0) is 30.2 Å². The molecule has 0 spiro atoms. The molecular weight excluding hydrogens is 352 g/mol. The number of benzene rings is 3. The second-order valence-electron chi connectivity index (χ2n) is 6.86. The van der Waals surface area contributed by atoms with E-state index in [4.69, 9.17) is 9.47 Å². The highest BCUT2D eigenvalue weighted by Gasteiger charge is 2.44. The molecule has 0 aliphatic carbocycles. The summed E-state index contributed by atoms with van der Waals surface area (Å²) in [6.07, 6.45) is 0. The molecule has 0 bridgehead atoms. The van der Waals surface area contributed by atoms with E-state index >= 15 is 0 Å². The number of aryl methyl sites for hydroxylation is 1. The molecule has 0 saturated carbocycles. The summed E-state index contributed by atoms with van der Waals surface area (Å²) < 4.78 is 11.9. The highest BCUT2D eigenvalue weighted by atomic mass is 16.9. The molecule has 1 fully saturated rings. The smallest absolute Gasteiger partial charge is 0.315 e. The predicted octanol–water partition coefficient (Wildman–Crippen LogP) is 4.10. The molecule has 0 atom stereocenters. The number of nitrogens with one attached hydrogen (secondary N) is 1. The molecule has 0 amide bonds. The van der Waals surface area contributed by atoms with Gasteiger partial charge >= 0.3 is 5.69 Å². The zero-order valence-electron chi connectivity index (χ0n) is 15.3. The van der Waals surface area contributed by atoms with Crippen molar-refractivity contribution in [1.29, 1.82) is 0 Å². The summed E-state index contributed by atoms with van der Waals surface area (Å²) >= 11 is 0. The maximum Gasteiger partial charge on any atom is 0.345 e. The highest BCUT2D eigenvalue weighted by Crippen LogP contribution is 2.43. The minimum atomic E-state index is -0.940. The first-order valence-corrected chi connectivity index (χ1v) is 9.11. The van der Waals surface area contributed by atoms with Gasteiger partial charge in [0.2, 0.25) is 5.79 Å². The topological polar surface area (TPSA) is 64.2 Å². The van der Waals surface area contributed by atoms with E-state index in [1.165, 1.54) is 0 Å². The van der Waals surface area contributed by atoms with Crippen LogP contribution < -0.4 is 5.69 Å². The van der Waals surface area contributed by atoms with Crippen LogP contribution in [0.1, 0.15) is 16.7 Å². The van der Waals surface area contributed by atoms with Gasteiger partial charge in [0.25, 0.3) is 0 Å². The maximum atomic E-state index is 12.2. The fourth-order valence-corrected chi connectivity index (χ4v) is 3.78. The lowest BCUT2D eigenvalue weighted by Gasteiger charge is -2.42. The molecule has 28 heavy (non-hydrogen) atoms. The largest absolute Gasteiger partial charge is 0.345 e. The lowest BCUT2D eigenvalue weighted by molar-refractivity contribution is -0.386. The lowest BCUT2D eigenvalue weighted by Crippen LogP contribution is -2.45. The van der Waals surface area contributed by atoms with Crippen molar-refractivity contribution < 1.29 is 9.47 Å². The third kappa shape index (κ3) is 2.56. The fraction of sp³-hybridized carbons (Fsp3) is 0.130. The normalized spacial score (nSPS) is 15.3. The molecule has 1 aliphatic rings. The van der Waals surface area contributed by atoms with Gasteiger partial charge in [-0.2, -0.15) is 4.98 Å². The molecule has 5 heteroatoms. The number of H-pyrrole nitrogens is 1. The van der Waals surface area contributed by atoms with Crippen LogP contribution in [0.15, 0.2) is 77.6 Å². The van der Waals surface area contributed by atoms with E-state index < -0.39 is 5.79 Å². The summed E-state index contributed by atoms with van der Waals surface area (Å²) in [7, 11) is 0. The summed E-state index contributed by atoms with van der Waals surface area (Å²) in [5.41, 5.74) is 4.67. The van der Waals surface area contributed by atoms with Crippen LogP contribution in [0.25, 0.3) is 22.2 Å². The van der Waals surface area contributed by atoms with Crippen LogP contribution in [0, 0.1) is 6.92 Å². The fourth-order valence-electron chi connectivity index (χ4n) is 3.78. The Morgan fingerprint density at radius 1 is 0.929 bits per heavy atom. The molecule has 0 radical (unpaired) electrons. The molecule has 2 heterocycles. The maximum absolute atomic E-state index is 12.2. The number of hydrogen-bond acceptors (Lipinski definition) is 4. The van der Waals surface area contributed by atoms with Gasteiger partial charge in [0.1, 0.15) is 0 Å². The Bertz CT molecular complexity index is 1210. The second-order valence-corrected chi connectivity index (χ2v) is 6.86. The quantitative estimate of drug-likeness (QED) is 0.590. The van der Waals surface area contributed by atoms with Gasteiger partial charge in [-0.15, -0.1) is 0 Å². The SMILES string of the molecule is Cc1cc(C2(c3ccccc3)OCO2)cc2c(-c3ccccc3)[nH]c(=O)nc12. The van der Waals surface area contributed by atoms with Gasteiger partial charge < -0.3 is 14.5 Å². The van der Waals surface area contributed by atoms with E-state index in [2.05, 4.69) is 9.97 Å². The molecule has 0 unspecified atom stereocenters. The first-order chi connectivity index (χ1) is 13.7. The zero-order valence-corrected chi connectivity index (χ0v) is 15.3. The van der Waals surface area contributed by atoms with Crippen LogP contribution in [0.5, 0.6) is 0 Å². The van der Waals surface area contributed by atoms with Gasteiger partial charge in [0.15, 0.2) is 6.79 Å². The van der Waals surface area contributed by atoms with E-state index in [0.29, 0.717) is 5.52 Å². The third-order valence-electron chi connectivity index (χ3n) is 5.14. The number of aromatic amines is 1. The monoisotopic (exact) mass is 370 g/mol. The number of aromatic nitrogens is 2. The summed E-state index contributed by atoms with van der Waals surface area (Å²) in [5.74, 6) is -0.940. The standard InChI is InChI=1S/C23H18N2O3/c1-15-12-18(23(27-14-28-23)17-10-6-3-7-11-17)13-19-20(15)24-22(26)25-21(19)16-8-4-2-5-9-16/h2-13H,14H2,1H3,(H,24,25,26). The Labute approximate surface area is 161 Å². The Morgan fingerprint density at radius 2 is 1.61 bits per heavy atom. The van der Waals surface area contributed by atoms with Crippen LogP contribution in [0.2, 0.25) is 0 Å². The molecule has 5 nitrogen and oxygen atoms in total. The Kier molecular flexibility index (Phi) is 3.86. The third-order valence-corrected chi connectivity index (χ3v) is 5.14. The van der Waals surface area contributed by atoms with Crippen molar-refractivity contribution in [3.63, 3.8) is 0 Å². The van der Waals surface area contributed by atoms with Crippen molar-refractivity contribution in [3.8, 4) is 11.3 Å². The van der Waals surface area contributed by atoms with E-state index in [-0.39, 0.29) is 12.5 Å². The minimum Gasteiger partial charge on any atom is -0.315 e. The first kappa shape index (κ1) is 16.9. The van der Waals surface area contributed by atoms with Crippen molar-refractivity contribution >= 4 is 10.9 Å². The molecule has 3 aromatic carbocycles. The zero-order chi connectivity index (χ0) is 19.1. The summed E-state index contributed by atoms with van der Waals surface area (Å²) in [6, 6.07) is 23.6. The van der Waals surface area contributed by atoms with Crippen LogP contribution in [-0.4, -0.2) is 16.8 Å². The van der Waals surface area contributed by atoms with Gasteiger partial charge in [-0.1, -0.05) is 60.7 Å². The first-order valence-electron chi connectivity index (χ1n) is 9.11. The number of nitrogens with zero attached hydrogens (tertiary/aromatic N) is 1. The van der Waals surface area contributed by atoms with Crippen LogP contribution in [-0.2, 0) is 15.3 Å². The Hall–Kier alpha value is -3.28. The van der Waals surface area contributed by atoms with Crippen molar-refractivity contribution in [2.75, 3.05) is 6.79 Å². The van der Waals surface area contributed by atoms with Crippen LogP contribution >= 0.6 is 0 Å². The highest BCUT2D eigenvalue weighted by molar-refractivity contribution is 5.94. The molecule has 1 saturated heterocycles. The summed E-state index contributed by atoms with van der Waals surface area (Å²) in [4.78, 5) is 19.3. The predicted molar refractivity (Wildman–Crippen MR) is 107 cm³/mol. The van der Waals surface area contributed by atoms with Gasteiger partial charge in [0, 0.05) is 16.5 Å². The summed E-state index contributed by atoms with van der Waals surface area (Å²) in [6.45, 7) is 2.19. The van der Waals surface area contributed by atoms with Crippen molar-refractivity contribution in [1.82, 2.24) is 9.97 Å². The molecule has 5 rings (SSSR count). The molecule has 4 aromatic rings. The van der Waals surface area contributed by atoms with Crippen LogP contribution in [0.3, 0.4) is 0 Å². The Morgan fingerprint density at radius 3 is 2.25 bits per heavy atom. The van der Waals surface area contributed by atoms with E-state index in [9.17, 15) is 4.79 Å². The lowest BCUT2D eigenvalue weighted by atomic mass is 9.92. The van der Waals surface area contributed by atoms with Crippen molar-refractivity contribution in [3.05, 3.63) is 100.0 Å². The minimum absolute atomic E-state index is 0.237. The van der Waals surface area contributed by atoms with E-state index in [1.54, 1.807) is 0 Å². The molecule has 1 aromatic heterocycles. The average Bonchev–Trinajstić information content (AvgIpc) is 2.69. The van der Waals surface area contributed by atoms with E-state index in [0.717, 1.165) is 33.3 Å². The van der Waals surface area contributed by atoms with Gasteiger partial charge in [-0.3, -0.25) is 0 Å². The van der Waals surface area contributed by atoms with E-state index in [1.807, 2.05) is 79.7 Å². The van der Waals surface area contributed by atoms with Crippen LogP contribution in [0.4, 0.5) is 0 Å². The molecule has 1 N–H and O–H groups in total. The number of hydrogen-bond donors (Lipinski definition) is 1. The number of fused-ring (bicyclic) bond motifs is 1.